The first-order valence-corrected chi connectivity index (χ1v) is 5.60. The number of benzene rings is 1. The van der Waals surface area contributed by atoms with E-state index in [0.29, 0.717) is 21.9 Å². The zero-order valence-electron chi connectivity index (χ0n) is 8.00. The Kier molecular flexibility index (Phi) is 2.62. The highest BCUT2D eigenvalue weighted by Gasteiger charge is 2.39. The van der Waals surface area contributed by atoms with Gasteiger partial charge in [0.1, 0.15) is 5.82 Å². The van der Waals surface area contributed by atoms with Gasteiger partial charge in [-0.1, -0.05) is 19.1 Å². The molecule has 1 aliphatic carbocycles. The van der Waals surface area contributed by atoms with Crippen LogP contribution in [0, 0.1) is 17.7 Å². The van der Waals surface area contributed by atoms with Crippen molar-refractivity contribution in [3.8, 4) is 0 Å². The van der Waals surface area contributed by atoms with Crippen LogP contribution in [-0.4, -0.2) is 0 Å². The molecule has 1 fully saturated rings. The van der Waals surface area contributed by atoms with Crippen molar-refractivity contribution in [3.05, 3.63) is 34.1 Å². The minimum atomic E-state index is -0.209. The third kappa shape index (κ3) is 1.71. The molecule has 3 unspecified atom stereocenters. The van der Waals surface area contributed by atoms with Crippen molar-refractivity contribution in [1.29, 1.82) is 0 Å². The summed E-state index contributed by atoms with van der Waals surface area (Å²) in [6, 6.07) is 5.15. The van der Waals surface area contributed by atoms with Crippen LogP contribution in [0.3, 0.4) is 0 Å². The second-order valence-corrected chi connectivity index (χ2v) is 4.90. The fourth-order valence-corrected chi connectivity index (χ4v) is 2.24. The number of nitrogens with two attached hydrogens (primary N) is 1. The van der Waals surface area contributed by atoms with Crippen LogP contribution >= 0.6 is 15.9 Å². The van der Waals surface area contributed by atoms with E-state index in [4.69, 9.17) is 5.73 Å². The van der Waals surface area contributed by atoms with Gasteiger partial charge in [-0.2, -0.15) is 0 Å². The van der Waals surface area contributed by atoms with E-state index in [9.17, 15) is 4.39 Å². The predicted octanol–water partition coefficient (Wildman–Crippen LogP) is 3.24. The molecule has 0 saturated heterocycles. The van der Waals surface area contributed by atoms with E-state index in [1.165, 1.54) is 0 Å². The van der Waals surface area contributed by atoms with Crippen LogP contribution in [-0.2, 0) is 0 Å². The maximum atomic E-state index is 13.6. The van der Waals surface area contributed by atoms with Crippen molar-refractivity contribution in [2.24, 2.45) is 17.6 Å². The molecule has 0 amide bonds. The molecule has 0 radical (unpaired) electrons. The first-order chi connectivity index (χ1) is 6.61. The number of halogens is 2. The molecule has 3 heteroatoms. The highest BCUT2D eigenvalue weighted by molar-refractivity contribution is 9.10. The van der Waals surface area contributed by atoms with Crippen LogP contribution in [0.1, 0.15) is 24.9 Å². The fraction of sp³-hybridized carbons (Fsp3) is 0.455. The molecule has 0 spiro atoms. The van der Waals surface area contributed by atoms with Crippen molar-refractivity contribution in [2.45, 2.75) is 19.4 Å². The summed E-state index contributed by atoms with van der Waals surface area (Å²) < 4.78 is 14.1. The van der Waals surface area contributed by atoms with Gasteiger partial charge >= 0.3 is 0 Å². The lowest BCUT2D eigenvalue weighted by Gasteiger charge is -2.12. The zero-order valence-corrected chi connectivity index (χ0v) is 9.59. The third-order valence-electron chi connectivity index (χ3n) is 2.97. The molecule has 76 valence electrons. The van der Waals surface area contributed by atoms with Crippen LogP contribution in [0.25, 0.3) is 0 Å². The Hall–Kier alpha value is -0.410. The van der Waals surface area contributed by atoms with Gasteiger partial charge in [0.05, 0.1) is 4.47 Å². The van der Waals surface area contributed by atoms with Crippen LogP contribution in [0.15, 0.2) is 22.7 Å². The minimum absolute atomic E-state index is 0.150. The second-order valence-electron chi connectivity index (χ2n) is 4.05. The Morgan fingerprint density at radius 1 is 1.57 bits per heavy atom. The average molecular weight is 258 g/mol. The van der Waals surface area contributed by atoms with E-state index >= 15 is 0 Å². The molecule has 2 N–H and O–H groups in total. The first-order valence-electron chi connectivity index (χ1n) is 4.80. The standard InChI is InChI=1S/C11H13BrFN/c1-6-5-8(6)11(14)7-3-2-4-9(12)10(7)13/h2-4,6,8,11H,5,14H2,1H3. The Morgan fingerprint density at radius 2 is 2.21 bits per heavy atom. The Balaban J connectivity index is 2.27. The Morgan fingerprint density at radius 3 is 2.79 bits per heavy atom. The molecule has 2 rings (SSSR count). The van der Waals surface area contributed by atoms with Gasteiger partial charge < -0.3 is 5.73 Å². The monoisotopic (exact) mass is 257 g/mol. The minimum Gasteiger partial charge on any atom is -0.324 e. The van der Waals surface area contributed by atoms with E-state index in [1.807, 2.05) is 6.07 Å². The van der Waals surface area contributed by atoms with Gasteiger partial charge in [-0.3, -0.25) is 0 Å². The van der Waals surface area contributed by atoms with Gasteiger partial charge in [0, 0.05) is 11.6 Å². The highest BCUT2D eigenvalue weighted by atomic mass is 79.9. The topological polar surface area (TPSA) is 26.0 Å². The van der Waals surface area contributed by atoms with E-state index in [1.54, 1.807) is 12.1 Å². The van der Waals surface area contributed by atoms with Gasteiger partial charge in [-0.15, -0.1) is 0 Å². The molecule has 0 aliphatic heterocycles. The molecule has 3 atom stereocenters. The summed E-state index contributed by atoms with van der Waals surface area (Å²) in [5.74, 6) is 0.890. The summed E-state index contributed by atoms with van der Waals surface area (Å²) in [4.78, 5) is 0. The summed E-state index contributed by atoms with van der Waals surface area (Å²) in [6.07, 6.45) is 1.12. The van der Waals surface area contributed by atoms with Crippen molar-refractivity contribution >= 4 is 15.9 Å². The molecule has 1 aliphatic rings. The lowest BCUT2D eigenvalue weighted by Crippen LogP contribution is -2.15. The van der Waals surface area contributed by atoms with E-state index < -0.39 is 0 Å². The van der Waals surface area contributed by atoms with E-state index in [2.05, 4.69) is 22.9 Å². The smallest absolute Gasteiger partial charge is 0.142 e. The molecule has 1 aromatic carbocycles. The third-order valence-corrected chi connectivity index (χ3v) is 3.59. The van der Waals surface area contributed by atoms with Gasteiger partial charge in [-0.05, 0) is 40.3 Å². The average Bonchev–Trinajstić information content (AvgIpc) is 2.87. The summed E-state index contributed by atoms with van der Waals surface area (Å²) in [6.45, 7) is 2.15. The van der Waals surface area contributed by atoms with Crippen LogP contribution in [0.2, 0.25) is 0 Å². The largest absolute Gasteiger partial charge is 0.324 e. The molecule has 0 aromatic heterocycles. The number of hydrogen-bond donors (Lipinski definition) is 1. The zero-order chi connectivity index (χ0) is 10.3. The van der Waals surface area contributed by atoms with Crippen LogP contribution in [0.4, 0.5) is 4.39 Å². The predicted molar refractivity (Wildman–Crippen MR) is 58.3 cm³/mol. The van der Waals surface area contributed by atoms with Crippen molar-refractivity contribution in [1.82, 2.24) is 0 Å². The van der Waals surface area contributed by atoms with Crippen molar-refractivity contribution in [2.75, 3.05) is 0 Å². The number of rotatable bonds is 2. The summed E-state index contributed by atoms with van der Waals surface area (Å²) in [5, 5.41) is 0. The highest BCUT2D eigenvalue weighted by Crippen LogP contribution is 2.46. The molecular weight excluding hydrogens is 245 g/mol. The maximum absolute atomic E-state index is 13.6. The summed E-state index contributed by atoms with van der Waals surface area (Å²) in [5.41, 5.74) is 6.63. The SMILES string of the molecule is CC1CC1C(N)c1cccc(Br)c1F. The van der Waals surface area contributed by atoms with Gasteiger partial charge in [-0.25, -0.2) is 4.39 Å². The quantitative estimate of drug-likeness (QED) is 0.865. The molecule has 1 nitrogen and oxygen atoms in total. The van der Waals surface area contributed by atoms with Crippen LogP contribution < -0.4 is 5.73 Å². The van der Waals surface area contributed by atoms with Gasteiger partial charge in [0.2, 0.25) is 0 Å². The van der Waals surface area contributed by atoms with Gasteiger partial charge in [0.25, 0.3) is 0 Å². The Bertz CT molecular complexity index is 353. The lowest BCUT2D eigenvalue weighted by molar-refractivity contribution is 0.534. The molecule has 14 heavy (non-hydrogen) atoms. The Labute approximate surface area is 91.6 Å². The molecule has 1 saturated carbocycles. The van der Waals surface area contributed by atoms with Crippen molar-refractivity contribution < 1.29 is 4.39 Å². The lowest BCUT2D eigenvalue weighted by atomic mass is 10.0. The second kappa shape index (κ2) is 3.63. The first kappa shape index (κ1) is 10.1. The van der Waals surface area contributed by atoms with E-state index in [-0.39, 0.29) is 11.9 Å². The number of hydrogen-bond acceptors (Lipinski definition) is 1. The normalized spacial score (nSPS) is 27.4. The van der Waals surface area contributed by atoms with Crippen LogP contribution in [0.5, 0.6) is 0 Å². The summed E-state index contributed by atoms with van der Waals surface area (Å²) in [7, 11) is 0. The summed E-state index contributed by atoms with van der Waals surface area (Å²) >= 11 is 3.17. The van der Waals surface area contributed by atoms with Gasteiger partial charge in [0.15, 0.2) is 0 Å². The molecular formula is C11H13BrFN. The molecule has 1 aromatic rings. The molecule has 0 bridgehead atoms. The maximum Gasteiger partial charge on any atom is 0.142 e. The van der Waals surface area contributed by atoms with Crippen molar-refractivity contribution in [3.63, 3.8) is 0 Å². The molecule has 0 heterocycles. The fourth-order valence-electron chi connectivity index (χ4n) is 1.86. The van der Waals surface area contributed by atoms with E-state index in [0.717, 1.165) is 6.42 Å².